The second-order valence-electron chi connectivity index (χ2n) is 3.26. The fourth-order valence-corrected chi connectivity index (χ4v) is 1.44. The van der Waals surface area contributed by atoms with E-state index >= 15 is 0 Å². The van der Waals surface area contributed by atoms with Crippen molar-refractivity contribution in [2.45, 2.75) is 12.8 Å². The zero-order chi connectivity index (χ0) is 12.5. The first-order valence-corrected chi connectivity index (χ1v) is 5.68. The molecule has 0 fully saturated rings. The van der Waals surface area contributed by atoms with Gasteiger partial charge in [0.15, 0.2) is 0 Å². The van der Waals surface area contributed by atoms with Crippen LogP contribution in [0.4, 0.5) is 0 Å². The van der Waals surface area contributed by atoms with E-state index in [-0.39, 0.29) is 6.61 Å². The van der Waals surface area contributed by atoms with Crippen LogP contribution in [0, 0.1) is 11.8 Å². The van der Waals surface area contributed by atoms with Crippen molar-refractivity contribution in [1.29, 1.82) is 0 Å². The van der Waals surface area contributed by atoms with Gasteiger partial charge in [0.25, 0.3) is 0 Å². The minimum Gasteiger partial charge on any atom is -0.497 e. The van der Waals surface area contributed by atoms with Gasteiger partial charge in [-0.2, -0.15) is 0 Å². The van der Waals surface area contributed by atoms with Crippen molar-refractivity contribution in [3.05, 3.63) is 23.2 Å². The first-order valence-electron chi connectivity index (χ1n) is 5.31. The predicted molar refractivity (Wildman–Crippen MR) is 67.6 cm³/mol. The molecule has 3 nitrogen and oxygen atoms in total. The zero-order valence-electron chi connectivity index (χ0n) is 9.70. The maximum absolute atomic E-state index is 8.45. The van der Waals surface area contributed by atoms with Crippen molar-refractivity contribution in [2.75, 3.05) is 20.3 Å². The molecule has 0 aliphatic carbocycles. The second-order valence-corrected chi connectivity index (χ2v) is 3.67. The number of hydrogen-bond donors (Lipinski definition) is 1. The van der Waals surface area contributed by atoms with Crippen LogP contribution in [0.2, 0.25) is 5.02 Å². The van der Waals surface area contributed by atoms with Gasteiger partial charge in [0.1, 0.15) is 18.1 Å². The number of hydrogen-bond acceptors (Lipinski definition) is 3. The molecule has 4 heteroatoms. The minimum atomic E-state index is -0.0921. The van der Waals surface area contributed by atoms with E-state index in [1.165, 1.54) is 0 Å². The van der Waals surface area contributed by atoms with Crippen molar-refractivity contribution >= 4 is 11.6 Å². The van der Waals surface area contributed by atoms with E-state index in [9.17, 15) is 0 Å². The summed E-state index contributed by atoms with van der Waals surface area (Å²) >= 11 is 6.00. The van der Waals surface area contributed by atoms with Gasteiger partial charge in [-0.15, -0.1) is 5.92 Å². The highest BCUT2D eigenvalue weighted by Crippen LogP contribution is 2.28. The molecule has 1 aromatic rings. The van der Waals surface area contributed by atoms with E-state index in [0.29, 0.717) is 29.5 Å². The standard InChI is InChI=1S/C13H15ClO3/c1-16-11-6-7-13(12(14)10-11)17-9-5-3-2-4-8-15/h6-7,10,15H,3,5,8-9H2,1H3. The van der Waals surface area contributed by atoms with Crippen molar-refractivity contribution in [2.24, 2.45) is 0 Å². The van der Waals surface area contributed by atoms with E-state index in [1.54, 1.807) is 25.3 Å². The molecule has 92 valence electrons. The molecule has 0 saturated heterocycles. The Hall–Kier alpha value is -1.37. The van der Waals surface area contributed by atoms with Gasteiger partial charge in [-0.3, -0.25) is 0 Å². The van der Waals surface area contributed by atoms with E-state index in [1.807, 2.05) is 0 Å². The summed E-state index contributed by atoms with van der Waals surface area (Å²) < 4.78 is 10.5. The van der Waals surface area contributed by atoms with Crippen LogP contribution in [-0.4, -0.2) is 25.4 Å². The Kier molecular flexibility index (Phi) is 6.31. The molecule has 0 saturated carbocycles. The van der Waals surface area contributed by atoms with Crippen LogP contribution in [0.3, 0.4) is 0 Å². The smallest absolute Gasteiger partial charge is 0.138 e. The van der Waals surface area contributed by atoms with E-state index in [4.69, 9.17) is 26.2 Å². The Morgan fingerprint density at radius 2 is 2.18 bits per heavy atom. The second kappa shape index (κ2) is 7.83. The zero-order valence-corrected chi connectivity index (χ0v) is 10.5. The normalized spacial score (nSPS) is 9.35. The molecule has 0 aliphatic rings. The SMILES string of the molecule is COc1ccc(OCCCC#CCO)c(Cl)c1. The molecule has 0 aromatic heterocycles. The number of ether oxygens (including phenoxy) is 2. The molecule has 1 aromatic carbocycles. The van der Waals surface area contributed by atoms with Gasteiger partial charge in [0, 0.05) is 12.5 Å². The topological polar surface area (TPSA) is 38.7 Å². The molecule has 0 bridgehead atoms. The van der Waals surface area contributed by atoms with Crippen LogP contribution in [0.15, 0.2) is 18.2 Å². The van der Waals surface area contributed by atoms with Gasteiger partial charge in [0.05, 0.1) is 18.7 Å². The molecule has 0 spiro atoms. The number of aliphatic hydroxyl groups is 1. The lowest BCUT2D eigenvalue weighted by atomic mass is 10.3. The largest absolute Gasteiger partial charge is 0.497 e. The summed E-state index contributed by atoms with van der Waals surface area (Å²) in [7, 11) is 1.59. The van der Waals surface area contributed by atoms with Crippen LogP contribution in [-0.2, 0) is 0 Å². The number of rotatable bonds is 5. The first kappa shape index (κ1) is 13.7. The Balaban J connectivity index is 2.36. The monoisotopic (exact) mass is 254 g/mol. The van der Waals surface area contributed by atoms with Crippen LogP contribution >= 0.6 is 11.6 Å². The Morgan fingerprint density at radius 3 is 2.82 bits per heavy atom. The maximum Gasteiger partial charge on any atom is 0.138 e. The quantitative estimate of drug-likeness (QED) is 0.648. The fourth-order valence-electron chi connectivity index (χ4n) is 1.21. The van der Waals surface area contributed by atoms with Crippen molar-refractivity contribution < 1.29 is 14.6 Å². The summed E-state index contributed by atoms with van der Waals surface area (Å²) in [6, 6.07) is 5.29. The highest BCUT2D eigenvalue weighted by molar-refractivity contribution is 6.32. The van der Waals surface area contributed by atoms with Gasteiger partial charge in [0.2, 0.25) is 0 Å². The molecular formula is C13H15ClO3. The number of methoxy groups -OCH3 is 1. The summed E-state index contributed by atoms with van der Waals surface area (Å²) in [5.74, 6) is 6.75. The molecule has 0 radical (unpaired) electrons. The van der Waals surface area contributed by atoms with Crippen LogP contribution < -0.4 is 9.47 Å². The highest BCUT2D eigenvalue weighted by Gasteiger charge is 2.02. The van der Waals surface area contributed by atoms with Crippen LogP contribution in [0.25, 0.3) is 0 Å². The number of aliphatic hydroxyl groups excluding tert-OH is 1. The molecule has 0 amide bonds. The van der Waals surface area contributed by atoms with E-state index in [2.05, 4.69) is 11.8 Å². The summed E-state index contributed by atoms with van der Waals surface area (Å²) in [4.78, 5) is 0. The average Bonchev–Trinajstić information content (AvgIpc) is 2.35. The van der Waals surface area contributed by atoms with Gasteiger partial charge >= 0.3 is 0 Å². The predicted octanol–water partition coefficient (Wildman–Crippen LogP) is 2.50. The average molecular weight is 255 g/mol. The third kappa shape index (κ3) is 4.99. The summed E-state index contributed by atoms with van der Waals surface area (Å²) in [6.45, 7) is 0.456. The minimum absolute atomic E-state index is 0.0921. The van der Waals surface area contributed by atoms with Crippen LogP contribution in [0.5, 0.6) is 11.5 Å². The summed E-state index contributed by atoms with van der Waals surface area (Å²) in [6.07, 6.45) is 1.50. The molecule has 17 heavy (non-hydrogen) atoms. The van der Waals surface area contributed by atoms with E-state index < -0.39 is 0 Å². The molecule has 1 N–H and O–H groups in total. The highest BCUT2D eigenvalue weighted by atomic mass is 35.5. The Bertz CT molecular complexity index is 407. The molecular weight excluding hydrogens is 240 g/mol. The lowest BCUT2D eigenvalue weighted by molar-refractivity contribution is 0.312. The van der Waals surface area contributed by atoms with Gasteiger partial charge < -0.3 is 14.6 Å². The maximum atomic E-state index is 8.45. The molecule has 0 heterocycles. The number of unbranched alkanes of at least 4 members (excludes halogenated alkanes) is 1. The van der Waals surface area contributed by atoms with Gasteiger partial charge in [-0.25, -0.2) is 0 Å². The molecule has 0 atom stereocenters. The Labute approximate surface area is 106 Å². The Morgan fingerprint density at radius 1 is 1.35 bits per heavy atom. The number of halogens is 1. The molecule has 1 rings (SSSR count). The van der Waals surface area contributed by atoms with Crippen molar-refractivity contribution in [3.8, 4) is 23.3 Å². The summed E-state index contributed by atoms with van der Waals surface area (Å²) in [5, 5.41) is 8.99. The molecule has 0 aliphatic heterocycles. The van der Waals surface area contributed by atoms with Crippen LogP contribution in [0.1, 0.15) is 12.8 Å². The summed E-state index contributed by atoms with van der Waals surface area (Å²) in [5.41, 5.74) is 0. The van der Waals surface area contributed by atoms with Gasteiger partial charge in [-0.1, -0.05) is 17.5 Å². The van der Waals surface area contributed by atoms with Crippen molar-refractivity contribution in [3.63, 3.8) is 0 Å². The third-order valence-corrected chi connectivity index (χ3v) is 2.34. The fraction of sp³-hybridized carbons (Fsp3) is 0.385. The third-order valence-electron chi connectivity index (χ3n) is 2.05. The lowest BCUT2D eigenvalue weighted by Crippen LogP contribution is -1.97. The van der Waals surface area contributed by atoms with Gasteiger partial charge in [-0.05, 0) is 18.6 Å². The van der Waals surface area contributed by atoms with Crippen molar-refractivity contribution in [1.82, 2.24) is 0 Å². The van der Waals surface area contributed by atoms with E-state index in [0.717, 1.165) is 6.42 Å². The number of benzene rings is 1. The first-order chi connectivity index (χ1) is 8.27. The molecule has 0 unspecified atom stereocenters. The lowest BCUT2D eigenvalue weighted by Gasteiger charge is -2.08.